The monoisotopic (exact) mass is 610 g/mol. The van der Waals surface area contributed by atoms with Crippen LogP contribution in [0.4, 0.5) is 15.9 Å². The third kappa shape index (κ3) is 4.83. The van der Waals surface area contributed by atoms with E-state index in [0.29, 0.717) is 71.9 Å². The third-order valence-corrected chi connectivity index (χ3v) is 10.1. The largest absolute Gasteiger partial charge is 0.496 e. The van der Waals surface area contributed by atoms with Crippen LogP contribution in [0, 0.1) is 0 Å². The first kappa shape index (κ1) is 28.7. The van der Waals surface area contributed by atoms with E-state index in [-0.39, 0.29) is 11.5 Å². The number of hydrogen-bond acceptors (Lipinski definition) is 10. The number of ether oxygens (including phenoxy) is 2. The van der Waals surface area contributed by atoms with Crippen molar-refractivity contribution in [2.45, 2.75) is 76.4 Å². The molecule has 0 spiro atoms. The maximum atomic E-state index is 14.5. The number of hydrogen-bond donors (Lipinski definition) is 2. The zero-order chi connectivity index (χ0) is 30.1. The summed E-state index contributed by atoms with van der Waals surface area (Å²) in [5.74, 6) is 1.84. The van der Waals surface area contributed by atoms with Gasteiger partial charge in [0.05, 0.1) is 45.8 Å². The summed E-state index contributed by atoms with van der Waals surface area (Å²) in [6.07, 6.45) is 4.95. The number of benzene rings is 1. The highest BCUT2D eigenvalue weighted by molar-refractivity contribution is 6.66. The second-order valence-corrected chi connectivity index (χ2v) is 13.4. The van der Waals surface area contributed by atoms with Gasteiger partial charge < -0.3 is 34.7 Å². The number of halogens is 2. The van der Waals surface area contributed by atoms with Crippen molar-refractivity contribution in [3.63, 3.8) is 0 Å². The van der Waals surface area contributed by atoms with Crippen molar-refractivity contribution in [2.75, 3.05) is 37.4 Å². The van der Waals surface area contributed by atoms with Crippen LogP contribution in [-0.2, 0) is 20.6 Å². The second kappa shape index (κ2) is 10.3. The molecule has 6 heterocycles. The van der Waals surface area contributed by atoms with Crippen molar-refractivity contribution < 1.29 is 23.2 Å². The third-order valence-electron chi connectivity index (χ3n) is 9.73. The van der Waals surface area contributed by atoms with E-state index in [2.05, 4.69) is 15.2 Å². The van der Waals surface area contributed by atoms with Gasteiger partial charge in [0.1, 0.15) is 36.9 Å². The van der Waals surface area contributed by atoms with Gasteiger partial charge in [0.2, 0.25) is 0 Å². The van der Waals surface area contributed by atoms with E-state index in [1.807, 2.05) is 50.8 Å². The number of anilines is 2. The molecule has 0 saturated carbocycles. The summed E-state index contributed by atoms with van der Waals surface area (Å²) < 4.78 is 40.2. The van der Waals surface area contributed by atoms with Gasteiger partial charge >= 0.3 is 13.1 Å². The van der Waals surface area contributed by atoms with Crippen LogP contribution in [0.25, 0.3) is 0 Å². The van der Waals surface area contributed by atoms with Crippen LogP contribution >= 0.6 is 11.6 Å². The van der Waals surface area contributed by atoms with E-state index < -0.39 is 24.5 Å². The molecule has 0 radical (unpaired) electrons. The number of alkyl halides is 1. The first-order chi connectivity index (χ1) is 20.5. The molecule has 1 aromatic heterocycles. The Morgan fingerprint density at radius 2 is 2.05 bits per heavy atom. The van der Waals surface area contributed by atoms with Gasteiger partial charge in [0, 0.05) is 30.2 Å². The summed E-state index contributed by atoms with van der Waals surface area (Å²) in [5, 5.41) is 3.81. The summed E-state index contributed by atoms with van der Waals surface area (Å²) in [5.41, 5.74) is 7.62. The van der Waals surface area contributed by atoms with Crippen molar-refractivity contribution in [2.24, 2.45) is 4.99 Å². The second-order valence-electron chi connectivity index (χ2n) is 13.0. The number of nitrogens with one attached hydrogen (secondary N) is 1. The average Bonchev–Trinajstić information content (AvgIpc) is 3.51. The number of aliphatic imine (C=N–C) groups is 1. The molecule has 5 aliphatic rings. The Kier molecular flexibility index (Phi) is 6.84. The molecule has 43 heavy (non-hydrogen) atoms. The number of amidine groups is 1. The lowest BCUT2D eigenvalue weighted by Crippen LogP contribution is -2.42. The summed E-state index contributed by atoms with van der Waals surface area (Å²) in [4.78, 5) is 13.3. The van der Waals surface area contributed by atoms with Crippen LogP contribution in [0.2, 0.25) is 5.02 Å². The van der Waals surface area contributed by atoms with Gasteiger partial charge in [-0.1, -0.05) is 17.7 Å². The molecule has 0 unspecified atom stereocenters. The Hall–Kier alpha value is -3.06. The lowest BCUT2D eigenvalue weighted by molar-refractivity contribution is 0.00578. The molecule has 0 aliphatic carbocycles. The molecule has 3 saturated heterocycles. The maximum absolute atomic E-state index is 14.5. The topological polar surface area (TPSA) is 107 Å². The minimum absolute atomic E-state index is 0.271. The van der Waals surface area contributed by atoms with Gasteiger partial charge in [0.25, 0.3) is 0 Å². The molecule has 0 amide bonds. The Morgan fingerprint density at radius 3 is 2.81 bits per heavy atom. The fourth-order valence-corrected chi connectivity index (χ4v) is 7.01. The van der Waals surface area contributed by atoms with Gasteiger partial charge in [0.15, 0.2) is 0 Å². The maximum Gasteiger partial charge on any atom is 0.496 e. The minimum atomic E-state index is -0.857. The summed E-state index contributed by atoms with van der Waals surface area (Å²) in [6.45, 7) is 10.3. The number of nitrogens with two attached hydrogens (primary N) is 1. The number of nitrogens with zero attached hydrogens (tertiary/aromatic N) is 4. The SMILES string of the molecule is CC1(C)OB(c2cc3c4c(c2Cl)NCN=C4N(Cc2cccnc2N)C=C(OC[C@@]24CCCN2C[C@H](F)C4)O3)OC1(C)C. The average molecular weight is 611 g/mol. The van der Waals surface area contributed by atoms with Crippen molar-refractivity contribution >= 4 is 41.5 Å². The van der Waals surface area contributed by atoms with Crippen molar-refractivity contribution in [1.82, 2.24) is 14.8 Å². The zero-order valence-electron chi connectivity index (χ0n) is 25.0. The summed E-state index contributed by atoms with van der Waals surface area (Å²) >= 11 is 7.08. The van der Waals surface area contributed by atoms with Gasteiger partial charge in [-0.3, -0.25) is 4.90 Å². The van der Waals surface area contributed by atoms with E-state index >= 15 is 0 Å². The highest BCUT2D eigenvalue weighted by Crippen LogP contribution is 2.44. The van der Waals surface area contributed by atoms with Gasteiger partial charge in [-0.25, -0.2) is 14.4 Å². The fraction of sp³-hybridized carbons (Fsp3) is 0.533. The van der Waals surface area contributed by atoms with E-state index in [9.17, 15) is 4.39 Å². The molecule has 5 aliphatic heterocycles. The predicted octanol–water partition coefficient (Wildman–Crippen LogP) is 4.03. The molecule has 0 bridgehead atoms. The Bertz CT molecular complexity index is 1510. The van der Waals surface area contributed by atoms with Crippen LogP contribution in [0.1, 0.15) is 58.1 Å². The number of fused-ring (bicyclic) bond motifs is 1. The zero-order valence-corrected chi connectivity index (χ0v) is 25.7. The molecule has 13 heteroatoms. The first-order valence-corrected chi connectivity index (χ1v) is 15.2. The molecule has 2 aromatic rings. The quantitative estimate of drug-likeness (QED) is 0.469. The van der Waals surface area contributed by atoms with E-state index in [0.717, 1.165) is 24.9 Å². The van der Waals surface area contributed by atoms with E-state index in [1.54, 1.807) is 12.4 Å². The lowest BCUT2D eigenvalue weighted by atomic mass is 9.77. The summed E-state index contributed by atoms with van der Waals surface area (Å²) in [7, 11) is -0.708. The van der Waals surface area contributed by atoms with Crippen molar-refractivity contribution in [3.8, 4) is 5.75 Å². The Labute approximate surface area is 256 Å². The molecule has 7 rings (SSSR count). The standard InChI is InChI=1S/C30H37BClFN6O4/c1-28(2)29(3,4)43-31(42-28)20-11-21-23-25(24(20)32)36-17-37-27(23)38(13-18-7-5-9-35-26(18)34)15-22(41-21)40-16-30-8-6-10-39(30)14-19(33)12-30/h5,7,9,11,15,19,36H,6,8,10,12-14,16-17H2,1-4H3,(H2,34,35)/t19-,30+/m1/s1. The molecule has 2 atom stereocenters. The van der Waals surface area contributed by atoms with Crippen LogP contribution in [0.5, 0.6) is 5.75 Å². The van der Waals surface area contributed by atoms with Gasteiger partial charge in [-0.05, 0) is 59.2 Å². The highest BCUT2D eigenvalue weighted by atomic mass is 35.5. The number of pyridine rings is 1. The predicted molar refractivity (Wildman–Crippen MR) is 164 cm³/mol. The summed E-state index contributed by atoms with van der Waals surface area (Å²) in [6, 6.07) is 5.62. The molecule has 10 nitrogen and oxygen atoms in total. The number of aromatic nitrogens is 1. The molecule has 3 fully saturated rings. The molecule has 228 valence electrons. The normalized spacial score (nSPS) is 27.1. The lowest BCUT2D eigenvalue weighted by Gasteiger charge is -2.32. The van der Waals surface area contributed by atoms with E-state index in [4.69, 9.17) is 41.1 Å². The van der Waals surface area contributed by atoms with Crippen molar-refractivity contribution in [3.05, 3.63) is 52.7 Å². The molecule has 3 N–H and O–H groups in total. The van der Waals surface area contributed by atoms with Crippen molar-refractivity contribution in [1.29, 1.82) is 0 Å². The highest BCUT2D eigenvalue weighted by Gasteiger charge is 2.53. The first-order valence-electron chi connectivity index (χ1n) is 14.8. The Morgan fingerprint density at radius 1 is 1.26 bits per heavy atom. The smallest absolute Gasteiger partial charge is 0.462 e. The molecule has 1 aromatic carbocycles. The molecular formula is C30H37BClFN6O4. The van der Waals surface area contributed by atoms with Crippen LogP contribution in [0.3, 0.4) is 0 Å². The van der Waals surface area contributed by atoms with E-state index in [1.165, 1.54) is 0 Å². The fourth-order valence-electron chi connectivity index (χ4n) is 6.70. The Balaban J connectivity index is 1.29. The van der Waals surface area contributed by atoms with Crippen LogP contribution in [0.15, 0.2) is 41.5 Å². The van der Waals surface area contributed by atoms with Gasteiger partial charge in [-0.2, -0.15) is 0 Å². The number of nitrogen functional groups attached to an aromatic ring is 1. The van der Waals surface area contributed by atoms with Gasteiger partial charge in [-0.15, -0.1) is 0 Å². The van der Waals surface area contributed by atoms with Crippen LogP contribution in [-0.4, -0.2) is 77.0 Å². The molecular weight excluding hydrogens is 574 g/mol. The van der Waals surface area contributed by atoms with Crippen LogP contribution < -0.4 is 21.3 Å². The number of rotatable bonds is 6. The minimum Gasteiger partial charge on any atom is -0.462 e.